The van der Waals surface area contributed by atoms with E-state index in [9.17, 15) is 9.59 Å². The molecule has 0 fully saturated rings. The molecule has 1 unspecified atom stereocenters. The molecule has 1 aromatic carbocycles. The van der Waals surface area contributed by atoms with Gasteiger partial charge in [-0.1, -0.05) is 42.1 Å². The molecule has 2 heterocycles. The number of aromatic nitrogens is 2. The van der Waals surface area contributed by atoms with Gasteiger partial charge in [-0.3, -0.25) is 9.59 Å². The molecule has 0 radical (unpaired) electrons. The quantitative estimate of drug-likeness (QED) is 0.450. The minimum Gasteiger partial charge on any atom is -0.301 e. The van der Waals surface area contributed by atoms with Crippen molar-refractivity contribution >= 4 is 39.1 Å². The van der Waals surface area contributed by atoms with Crippen molar-refractivity contribution in [3.05, 3.63) is 57.2 Å². The van der Waals surface area contributed by atoms with E-state index in [1.54, 1.807) is 12.1 Å². The first kappa shape index (κ1) is 15.0. The fourth-order valence-corrected chi connectivity index (χ4v) is 3.96. The third kappa shape index (κ3) is 2.98. The van der Waals surface area contributed by atoms with Crippen LogP contribution in [-0.4, -0.2) is 21.0 Å². The molecular weight excluding hydrogens is 316 g/mol. The first-order valence-electron chi connectivity index (χ1n) is 6.81. The number of nitrogens with zero attached hydrogens (tertiary/aromatic N) is 1. The zero-order valence-electron chi connectivity index (χ0n) is 12.1. The second-order valence-corrected chi connectivity index (χ2v) is 7.50. The Kier molecular flexibility index (Phi) is 4.13. The van der Waals surface area contributed by atoms with Crippen LogP contribution in [0.5, 0.6) is 0 Å². The van der Waals surface area contributed by atoms with Gasteiger partial charge in [0.2, 0.25) is 0 Å². The molecule has 0 aliphatic carbocycles. The number of ketones is 1. The lowest BCUT2D eigenvalue weighted by Gasteiger charge is -2.09. The zero-order chi connectivity index (χ0) is 15.7. The molecule has 112 valence electrons. The SMILES string of the molecule is Cc1cc2c(=O)[nH]c(SC(C)C(=O)c3ccccc3)nc2s1. The summed E-state index contributed by atoms with van der Waals surface area (Å²) in [5, 5.41) is 0.772. The summed E-state index contributed by atoms with van der Waals surface area (Å²) in [5.74, 6) is 0.0238. The molecule has 0 saturated heterocycles. The number of thiophene rings is 1. The topological polar surface area (TPSA) is 62.8 Å². The smallest absolute Gasteiger partial charge is 0.260 e. The summed E-state index contributed by atoms with van der Waals surface area (Å²) in [6, 6.07) is 11.0. The van der Waals surface area contributed by atoms with Crippen molar-refractivity contribution in [1.29, 1.82) is 0 Å². The molecule has 0 bridgehead atoms. The second kappa shape index (κ2) is 6.06. The number of aryl methyl sites for hydroxylation is 1. The highest BCUT2D eigenvalue weighted by Gasteiger charge is 2.18. The molecule has 1 atom stereocenters. The van der Waals surface area contributed by atoms with E-state index < -0.39 is 0 Å². The number of rotatable bonds is 4. The summed E-state index contributed by atoms with van der Waals surface area (Å²) in [7, 11) is 0. The maximum atomic E-state index is 12.4. The first-order chi connectivity index (χ1) is 10.5. The van der Waals surface area contributed by atoms with Crippen molar-refractivity contribution in [3.63, 3.8) is 0 Å². The van der Waals surface area contributed by atoms with Gasteiger partial charge in [0, 0.05) is 10.4 Å². The monoisotopic (exact) mass is 330 g/mol. The number of fused-ring (bicyclic) bond motifs is 1. The molecule has 22 heavy (non-hydrogen) atoms. The van der Waals surface area contributed by atoms with E-state index in [-0.39, 0.29) is 16.6 Å². The normalized spacial score (nSPS) is 12.5. The number of hydrogen-bond donors (Lipinski definition) is 1. The minimum atomic E-state index is -0.316. The summed E-state index contributed by atoms with van der Waals surface area (Å²) in [4.78, 5) is 33.4. The molecule has 0 amide bonds. The molecule has 0 spiro atoms. The van der Waals surface area contributed by atoms with E-state index in [2.05, 4.69) is 9.97 Å². The van der Waals surface area contributed by atoms with Crippen LogP contribution in [0.15, 0.2) is 46.3 Å². The maximum absolute atomic E-state index is 12.4. The van der Waals surface area contributed by atoms with E-state index in [4.69, 9.17) is 0 Å². The lowest BCUT2D eigenvalue weighted by molar-refractivity contribution is 0.0994. The van der Waals surface area contributed by atoms with E-state index in [1.807, 2.05) is 38.1 Å². The van der Waals surface area contributed by atoms with Gasteiger partial charge in [0.05, 0.1) is 10.6 Å². The Morgan fingerprint density at radius 1 is 1.32 bits per heavy atom. The number of aromatic amines is 1. The Hall–Kier alpha value is -1.92. The van der Waals surface area contributed by atoms with Gasteiger partial charge >= 0.3 is 0 Å². The van der Waals surface area contributed by atoms with Crippen LogP contribution in [0.4, 0.5) is 0 Å². The number of carbonyl (C=O) groups is 1. The van der Waals surface area contributed by atoms with Gasteiger partial charge < -0.3 is 4.98 Å². The molecule has 0 aliphatic rings. The molecule has 6 heteroatoms. The van der Waals surface area contributed by atoms with E-state index in [0.29, 0.717) is 20.9 Å². The predicted octanol–water partition coefficient (Wildman–Crippen LogP) is 3.66. The highest BCUT2D eigenvalue weighted by Crippen LogP contribution is 2.26. The molecule has 0 saturated carbocycles. The molecule has 2 aromatic heterocycles. The fraction of sp³-hybridized carbons (Fsp3) is 0.188. The first-order valence-corrected chi connectivity index (χ1v) is 8.50. The van der Waals surface area contributed by atoms with Crippen molar-refractivity contribution in [2.24, 2.45) is 0 Å². The number of hydrogen-bond acceptors (Lipinski definition) is 5. The molecule has 3 rings (SSSR count). The van der Waals surface area contributed by atoms with Gasteiger partial charge in [0.15, 0.2) is 10.9 Å². The van der Waals surface area contributed by atoms with Crippen LogP contribution >= 0.6 is 23.1 Å². The van der Waals surface area contributed by atoms with Crippen molar-refractivity contribution in [2.45, 2.75) is 24.3 Å². The van der Waals surface area contributed by atoms with Crippen LogP contribution in [-0.2, 0) is 0 Å². The Bertz CT molecular complexity index is 884. The fourth-order valence-electron chi connectivity index (χ4n) is 2.15. The molecule has 1 N–H and O–H groups in total. The highest BCUT2D eigenvalue weighted by molar-refractivity contribution is 8.00. The number of thioether (sulfide) groups is 1. The third-order valence-corrected chi connectivity index (χ3v) is 5.15. The number of nitrogens with one attached hydrogen (secondary N) is 1. The summed E-state index contributed by atoms with van der Waals surface area (Å²) in [5.41, 5.74) is 0.508. The van der Waals surface area contributed by atoms with Gasteiger partial charge in [0.1, 0.15) is 4.83 Å². The van der Waals surface area contributed by atoms with Crippen LogP contribution in [0, 0.1) is 6.92 Å². The van der Waals surface area contributed by atoms with Gasteiger partial charge in [0.25, 0.3) is 5.56 Å². The molecule has 3 aromatic rings. The maximum Gasteiger partial charge on any atom is 0.260 e. The summed E-state index contributed by atoms with van der Waals surface area (Å²) in [6.07, 6.45) is 0. The largest absolute Gasteiger partial charge is 0.301 e. The Morgan fingerprint density at radius 3 is 2.77 bits per heavy atom. The van der Waals surface area contributed by atoms with Gasteiger partial charge in [-0.2, -0.15) is 0 Å². The molecule has 0 aliphatic heterocycles. The Balaban J connectivity index is 1.86. The van der Waals surface area contributed by atoms with E-state index in [0.717, 1.165) is 4.88 Å². The molecule has 4 nitrogen and oxygen atoms in total. The average molecular weight is 330 g/mol. The third-order valence-electron chi connectivity index (χ3n) is 3.22. The minimum absolute atomic E-state index is 0.0238. The van der Waals surface area contributed by atoms with Gasteiger partial charge in [-0.25, -0.2) is 4.98 Å². The van der Waals surface area contributed by atoms with Crippen LogP contribution in [0.3, 0.4) is 0 Å². The van der Waals surface area contributed by atoms with Crippen molar-refractivity contribution in [2.75, 3.05) is 0 Å². The average Bonchev–Trinajstić information content (AvgIpc) is 2.88. The van der Waals surface area contributed by atoms with Crippen molar-refractivity contribution in [1.82, 2.24) is 9.97 Å². The summed E-state index contributed by atoms with van der Waals surface area (Å²) in [6.45, 7) is 3.77. The van der Waals surface area contributed by atoms with Crippen molar-refractivity contribution in [3.8, 4) is 0 Å². The highest BCUT2D eigenvalue weighted by atomic mass is 32.2. The number of carbonyl (C=O) groups excluding carboxylic acids is 1. The second-order valence-electron chi connectivity index (χ2n) is 4.94. The van der Waals surface area contributed by atoms with E-state index >= 15 is 0 Å². The van der Waals surface area contributed by atoms with Crippen LogP contribution in [0.2, 0.25) is 0 Å². The lowest BCUT2D eigenvalue weighted by atomic mass is 10.1. The summed E-state index contributed by atoms with van der Waals surface area (Å²) >= 11 is 2.76. The standard InChI is InChI=1S/C16H14N2O2S2/c1-9-8-12-14(20)17-16(18-15(12)21-9)22-10(2)13(19)11-6-4-3-5-7-11/h3-8,10H,1-2H3,(H,17,18,20). The number of Topliss-reactive ketones (excluding diaryl/α,β-unsaturated/α-hetero) is 1. The van der Waals surface area contributed by atoms with Gasteiger partial charge in [-0.15, -0.1) is 11.3 Å². The number of benzene rings is 1. The molecular formula is C16H14N2O2S2. The zero-order valence-corrected chi connectivity index (χ0v) is 13.8. The van der Waals surface area contributed by atoms with Gasteiger partial charge in [-0.05, 0) is 19.9 Å². The van der Waals surface area contributed by atoms with Crippen LogP contribution < -0.4 is 5.56 Å². The Morgan fingerprint density at radius 2 is 2.05 bits per heavy atom. The lowest BCUT2D eigenvalue weighted by Crippen LogP contribution is -2.15. The Labute approximate surface area is 135 Å². The van der Waals surface area contributed by atoms with E-state index in [1.165, 1.54) is 23.1 Å². The number of H-pyrrole nitrogens is 1. The van der Waals surface area contributed by atoms with Crippen molar-refractivity contribution < 1.29 is 4.79 Å². The predicted molar refractivity (Wildman–Crippen MR) is 91.1 cm³/mol. The van der Waals surface area contributed by atoms with Crippen LogP contribution in [0.25, 0.3) is 10.2 Å². The van der Waals surface area contributed by atoms with Crippen LogP contribution in [0.1, 0.15) is 22.2 Å². The summed E-state index contributed by atoms with van der Waals surface area (Å²) < 4.78 is 0.